The number of rotatable bonds is 2. The SMILES string of the molecule is CN1CCCC(Nc2cc(C(F)(F)F)c(Cl)nn2)C1. The monoisotopic (exact) mass is 294 g/mol. The molecule has 8 heteroatoms. The molecule has 0 radical (unpaired) electrons. The summed E-state index contributed by atoms with van der Waals surface area (Å²) in [6, 6.07) is 0.986. The van der Waals surface area contributed by atoms with Crippen molar-refractivity contribution in [2.45, 2.75) is 25.1 Å². The van der Waals surface area contributed by atoms with Crippen LogP contribution in [0.4, 0.5) is 19.0 Å². The topological polar surface area (TPSA) is 41.0 Å². The minimum atomic E-state index is -4.52. The molecule has 1 aromatic rings. The van der Waals surface area contributed by atoms with E-state index in [0.717, 1.165) is 32.0 Å². The van der Waals surface area contributed by atoms with Crippen molar-refractivity contribution in [3.63, 3.8) is 0 Å². The third-order valence-corrected chi connectivity index (χ3v) is 3.31. The second-order valence-corrected chi connectivity index (χ2v) is 5.04. The van der Waals surface area contributed by atoms with Crippen molar-refractivity contribution in [3.8, 4) is 0 Å². The molecular weight excluding hydrogens is 281 g/mol. The number of alkyl halides is 3. The normalized spacial score (nSPS) is 21.4. The number of piperidine rings is 1. The van der Waals surface area contributed by atoms with E-state index in [-0.39, 0.29) is 11.9 Å². The maximum atomic E-state index is 12.7. The average Bonchev–Trinajstić information content (AvgIpc) is 2.30. The quantitative estimate of drug-likeness (QED) is 0.910. The van der Waals surface area contributed by atoms with Crippen LogP contribution in [-0.2, 0) is 6.18 Å². The van der Waals surface area contributed by atoms with E-state index in [9.17, 15) is 13.2 Å². The number of aromatic nitrogens is 2. The van der Waals surface area contributed by atoms with Gasteiger partial charge >= 0.3 is 6.18 Å². The Bertz CT molecular complexity index is 452. The summed E-state index contributed by atoms with van der Waals surface area (Å²) in [5.41, 5.74) is -0.962. The Kier molecular flexibility index (Phi) is 4.15. The summed E-state index contributed by atoms with van der Waals surface area (Å²) < 4.78 is 38.0. The summed E-state index contributed by atoms with van der Waals surface area (Å²) in [6.45, 7) is 1.77. The highest BCUT2D eigenvalue weighted by molar-refractivity contribution is 6.30. The van der Waals surface area contributed by atoms with Gasteiger partial charge in [0.25, 0.3) is 0 Å². The first kappa shape index (κ1) is 14.3. The largest absolute Gasteiger partial charge is 0.419 e. The molecule has 0 amide bonds. The molecule has 1 aromatic heterocycles. The van der Waals surface area contributed by atoms with Crippen LogP contribution in [0.15, 0.2) is 6.07 Å². The van der Waals surface area contributed by atoms with Gasteiger partial charge in [-0.1, -0.05) is 11.6 Å². The van der Waals surface area contributed by atoms with Crippen molar-refractivity contribution in [1.82, 2.24) is 15.1 Å². The zero-order valence-electron chi connectivity index (χ0n) is 10.3. The van der Waals surface area contributed by atoms with Crippen LogP contribution in [0.3, 0.4) is 0 Å². The number of halogens is 4. The first-order valence-electron chi connectivity index (χ1n) is 5.92. The van der Waals surface area contributed by atoms with Crippen molar-refractivity contribution < 1.29 is 13.2 Å². The fourth-order valence-electron chi connectivity index (χ4n) is 2.14. The molecule has 1 N–H and O–H groups in total. The molecule has 0 saturated carbocycles. The van der Waals surface area contributed by atoms with E-state index < -0.39 is 16.9 Å². The van der Waals surface area contributed by atoms with Gasteiger partial charge in [-0.15, -0.1) is 10.2 Å². The van der Waals surface area contributed by atoms with Crippen molar-refractivity contribution in [3.05, 3.63) is 16.8 Å². The molecule has 0 aliphatic carbocycles. The van der Waals surface area contributed by atoms with Gasteiger partial charge in [-0.25, -0.2) is 0 Å². The van der Waals surface area contributed by atoms with Gasteiger partial charge < -0.3 is 10.2 Å². The van der Waals surface area contributed by atoms with Crippen molar-refractivity contribution >= 4 is 17.4 Å². The lowest BCUT2D eigenvalue weighted by atomic mass is 10.1. The Hall–Kier alpha value is -1.08. The molecule has 106 valence electrons. The fourth-order valence-corrected chi connectivity index (χ4v) is 2.34. The molecule has 0 spiro atoms. The number of likely N-dealkylation sites (N-methyl/N-ethyl adjacent to an activating group) is 1. The molecule has 2 heterocycles. The van der Waals surface area contributed by atoms with Crippen LogP contribution in [0.2, 0.25) is 5.15 Å². The highest BCUT2D eigenvalue weighted by atomic mass is 35.5. The number of anilines is 1. The van der Waals surface area contributed by atoms with Crippen LogP contribution < -0.4 is 5.32 Å². The lowest BCUT2D eigenvalue weighted by Gasteiger charge is -2.30. The molecule has 0 bridgehead atoms. The number of hydrogen-bond acceptors (Lipinski definition) is 4. The Morgan fingerprint density at radius 2 is 2.16 bits per heavy atom. The molecule has 2 rings (SSSR count). The maximum absolute atomic E-state index is 12.7. The van der Waals surface area contributed by atoms with Crippen LogP contribution in [0.25, 0.3) is 0 Å². The van der Waals surface area contributed by atoms with Gasteiger partial charge in [-0.2, -0.15) is 13.2 Å². The minimum absolute atomic E-state index is 0.0790. The Balaban J connectivity index is 2.13. The number of nitrogens with zero attached hydrogens (tertiary/aromatic N) is 3. The average molecular weight is 295 g/mol. The van der Waals surface area contributed by atoms with Crippen molar-refractivity contribution in [2.75, 3.05) is 25.5 Å². The molecular formula is C11H14ClF3N4. The van der Waals surface area contributed by atoms with Gasteiger partial charge in [0.05, 0.1) is 5.56 Å². The van der Waals surface area contributed by atoms with Gasteiger partial charge in [-0.05, 0) is 32.5 Å². The van der Waals surface area contributed by atoms with Crippen molar-refractivity contribution in [2.24, 2.45) is 0 Å². The van der Waals surface area contributed by atoms with Crippen molar-refractivity contribution in [1.29, 1.82) is 0 Å². The van der Waals surface area contributed by atoms with Gasteiger partial charge in [0, 0.05) is 12.6 Å². The summed E-state index contributed by atoms with van der Waals surface area (Å²) in [7, 11) is 1.97. The Morgan fingerprint density at radius 1 is 1.42 bits per heavy atom. The number of nitrogens with one attached hydrogen (secondary N) is 1. The molecule has 19 heavy (non-hydrogen) atoms. The van der Waals surface area contributed by atoms with E-state index in [1.807, 2.05) is 7.05 Å². The smallest absolute Gasteiger partial charge is 0.365 e. The van der Waals surface area contributed by atoms with Crippen LogP contribution in [0, 0.1) is 0 Å². The zero-order valence-corrected chi connectivity index (χ0v) is 11.1. The lowest BCUT2D eigenvalue weighted by molar-refractivity contribution is -0.137. The maximum Gasteiger partial charge on any atom is 0.419 e. The van der Waals surface area contributed by atoms with E-state index in [4.69, 9.17) is 11.6 Å². The van der Waals surface area contributed by atoms with Crippen LogP contribution in [0.1, 0.15) is 18.4 Å². The summed E-state index contributed by atoms with van der Waals surface area (Å²) >= 11 is 5.42. The molecule has 1 atom stereocenters. The van der Waals surface area contributed by atoms with Gasteiger partial charge in [0.15, 0.2) is 5.15 Å². The summed E-state index contributed by atoms with van der Waals surface area (Å²) in [5.74, 6) is 0.108. The van der Waals surface area contributed by atoms with E-state index in [0.29, 0.717) is 0 Å². The Morgan fingerprint density at radius 3 is 2.79 bits per heavy atom. The summed E-state index contributed by atoms with van der Waals surface area (Å²) in [6.07, 6.45) is -2.62. The molecule has 1 unspecified atom stereocenters. The first-order valence-corrected chi connectivity index (χ1v) is 6.29. The van der Waals surface area contributed by atoms with E-state index in [1.54, 1.807) is 0 Å². The Labute approximate surface area is 113 Å². The highest BCUT2D eigenvalue weighted by Gasteiger charge is 2.35. The number of hydrogen-bond donors (Lipinski definition) is 1. The fraction of sp³-hybridized carbons (Fsp3) is 0.636. The van der Waals surface area contributed by atoms with Gasteiger partial charge in [-0.3, -0.25) is 0 Å². The number of likely N-dealkylation sites (tertiary alicyclic amines) is 1. The predicted octanol–water partition coefficient (Wildman–Crippen LogP) is 2.65. The molecule has 1 aliphatic rings. The van der Waals surface area contributed by atoms with E-state index in [1.165, 1.54) is 0 Å². The van der Waals surface area contributed by atoms with Crippen LogP contribution in [0.5, 0.6) is 0 Å². The summed E-state index contributed by atoms with van der Waals surface area (Å²) in [5, 5.41) is 9.36. The molecule has 0 aromatic carbocycles. The predicted molar refractivity (Wildman–Crippen MR) is 66.2 cm³/mol. The minimum Gasteiger partial charge on any atom is -0.365 e. The first-order chi connectivity index (χ1) is 8.86. The van der Waals surface area contributed by atoms with Gasteiger partial charge in [0.2, 0.25) is 0 Å². The zero-order chi connectivity index (χ0) is 14.0. The summed E-state index contributed by atoms with van der Waals surface area (Å²) in [4.78, 5) is 2.12. The molecule has 1 aliphatic heterocycles. The van der Waals surface area contributed by atoms with Crippen LogP contribution in [-0.4, -0.2) is 41.3 Å². The molecule has 4 nitrogen and oxygen atoms in total. The van der Waals surface area contributed by atoms with Crippen LogP contribution >= 0.6 is 11.6 Å². The second-order valence-electron chi connectivity index (χ2n) is 4.68. The standard InChI is InChI=1S/C11H14ClF3N4/c1-19-4-2-3-7(6-19)16-9-5-8(11(13,14)15)10(12)18-17-9/h5,7H,2-4,6H2,1H3,(H,16,17). The third-order valence-electron chi connectivity index (χ3n) is 3.03. The lowest BCUT2D eigenvalue weighted by Crippen LogP contribution is -2.40. The highest BCUT2D eigenvalue weighted by Crippen LogP contribution is 2.34. The third kappa shape index (κ3) is 3.70. The molecule has 1 saturated heterocycles. The second kappa shape index (κ2) is 5.50. The van der Waals surface area contributed by atoms with Gasteiger partial charge in [0.1, 0.15) is 5.82 Å². The molecule has 1 fully saturated rings. The van der Waals surface area contributed by atoms with E-state index >= 15 is 0 Å². The van der Waals surface area contributed by atoms with E-state index in [2.05, 4.69) is 20.4 Å².